The average Bonchev–Trinajstić information content (AvgIpc) is 3.05. The largest absolute Gasteiger partial charge is 0.371 e. The highest BCUT2D eigenvalue weighted by atomic mass is 15.2. The molecule has 2 aliphatic rings. The Kier molecular flexibility index (Phi) is 5.18. The number of fused-ring (bicyclic) bond motifs is 1. The Labute approximate surface area is 156 Å². The van der Waals surface area contributed by atoms with Crippen molar-refractivity contribution in [3.05, 3.63) is 23.9 Å². The number of aromatic nitrogens is 2. The second-order valence-corrected chi connectivity index (χ2v) is 8.48. The van der Waals surface area contributed by atoms with Crippen molar-refractivity contribution >= 4 is 16.6 Å². The number of nitrogens with two attached hydrogens (primary N) is 1. The van der Waals surface area contributed by atoms with E-state index in [0.717, 1.165) is 18.6 Å². The third-order valence-electron chi connectivity index (χ3n) is 6.66. The molecule has 0 atom stereocenters. The van der Waals surface area contributed by atoms with Gasteiger partial charge in [0, 0.05) is 43.8 Å². The maximum absolute atomic E-state index is 5.68. The zero-order valence-electron chi connectivity index (χ0n) is 16.1. The average molecular weight is 356 g/mol. The molecule has 1 aromatic carbocycles. The molecule has 1 spiro atoms. The van der Waals surface area contributed by atoms with Gasteiger partial charge in [0.1, 0.15) is 0 Å². The number of aromatic amines is 1. The molecule has 5 heteroatoms. The molecule has 3 N–H and O–H groups in total. The fourth-order valence-electron chi connectivity index (χ4n) is 4.98. The molecular weight excluding hydrogens is 322 g/mol. The summed E-state index contributed by atoms with van der Waals surface area (Å²) in [6, 6.07) is 6.75. The van der Waals surface area contributed by atoms with Gasteiger partial charge in [0.05, 0.1) is 11.2 Å². The van der Waals surface area contributed by atoms with E-state index in [1.165, 1.54) is 74.8 Å². The second kappa shape index (κ2) is 7.57. The fraction of sp³-hybridized carbons (Fsp3) is 0.667. The highest BCUT2D eigenvalue weighted by Gasteiger charge is 2.35. The molecule has 26 heavy (non-hydrogen) atoms. The van der Waals surface area contributed by atoms with E-state index in [4.69, 9.17) is 5.73 Å². The van der Waals surface area contributed by atoms with Gasteiger partial charge in [-0.15, -0.1) is 0 Å². The van der Waals surface area contributed by atoms with Crippen molar-refractivity contribution in [2.24, 2.45) is 11.1 Å². The van der Waals surface area contributed by atoms with Crippen LogP contribution in [0.1, 0.15) is 50.6 Å². The number of nitrogens with one attached hydrogen (secondary N) is 1. The van der Waals surface area contributed by atoms with E-state index in [2.05, 4.69) is 45.2 Å². The zero-order chi connectivity index (χ0) is 18.0. The molecule has 2 aromatic rings. The number of likely N-dealkylation sites (N-methyl/N-ethyl adjacent to an activating group) is 1. The standard InChI is InChI=1S/C21H33N5/c1-25(14-11-22)16-20-18-15-17(5-6-19(18)23-24-20)26-12-9-21(10-13-26)7-3-2-4-8-21/h5-6,15H,2-4,7-14,16,22H2,1H3,(H,23,24). The normalized spacial score (nSPS) is 20.3. The number of hydrogen-bond donors (Lipinski definition) is 2. The van der Waals surface area contributed by atoms with Crippen LogP contribution in [0, 0.1) is 5.41 Å². The van der Waals surface area contributed by atoms with Gasteiger partial charge in [0.15, 0.2) is 0 Å². The lowest BCUT2D eigenvalue weighted by atomic mass is 9.68. The summed E-state index contributed by atoms with van der Waals surface area (Å²) in [4.78, 5) is 4.83. The predicted molar refractivity (Wildman–Crippen MR) is 108 cm³/mol. The van der Waals surface area contributed by atoms with Gasteiger partial charge in [0.2, 0.25) is 0 Å². The van der Waals surface area contributed by atoms with Gasteiger partial charge in [-0.2, -0.15) is 5.10 Å². The molecule has 142 valence electrons. The van der Waals surface area contributed by atoms with Crippen LogP contribution in [0.15, 0.2) is 18.2 Å². The van der Waals surface area contributed by atoms with Gasteiger partial charge in [-0.3, -0.25) is 10.00 Å². The molecule has 0 amide bonds. The minimum absolute atomic E-state index is 0.657. The number of nitrogens with zero attached hydrogens (tertiary/aromatic N) is 3. The second-order valence-electron chi connectivity index (χ2n) is 8.48. The molecule has 0 bridgehead atoms. The Bertz CT molecular complexity index is 721. The first-order chi connectivity index (χ1) is 12.7. The van der Waals surface area contributed by atoms with Crippen molar-refractivity contribution in [1.82, 2.24) is 15.1 Å². The molecule has 0 radical (unpaired) electrons. The topological polar surface area (TPSA) is 61.2 Å². The number of rotatable bonds is 5. The number of piperidine rings is 1. The number of anilines is 1. The van der Waals surface area contributed by atoms with Gasteiger partial charge in [-0.1, -0.05) is 19.3 Å². The van der Waals surface area contributed by atoms with Gasteiger partial charge in [-0.25, -0.2) is 0 Å². The Hall–Kier alpha value is -1.59. The summed E-state index contributed by atoms with van der Waals surface area (Å²) >= 11 is 0. The van der Waals surface area contributed by atoms with E-state index in [1.54, 1.807) is 0 Å². The summed E-state index contributed by atoms with van der Waals surface area (Å²) in [5.41, 5.74) is 9.94. The monoisotopic (exact) mass is 355 g/mol. The lowest BCUT2D eigenvalue weighted by Gasteiger charge is -2.45. The number of benzene rings is 1. The lowest BCUT2D eigenvalue weighted by Crippen LogP contribution is -2.41. The Balaban J connectivity index is 1.48. The molecule has 2 heterocycles. The van der Waals surface area contributed by atoms with Crippen LogP contribution in [0.25, 0.3) is 10.9 Å². The molecular formula is C21H33N5. The Morgan fingerprint density at radius 1 is 1.15 bits per heavy atom. The quantitative estimate of drug-likeness (QED) is 0.862. The highest BCUT2D eigenvalue weighted by molar-refractivity contribution is 5.85. The number of hydrogen-bond acceptors (Lipinski definition) is 4. The predicted octanol–water partition coefficient (Wildman–Crippen LogP) is 3.50. The maximum atomic E-state index is 5.68. The third-order valence-corrected chi connectivity index (χ3v) is 6.66. The summed E-state index contributed by atoms with van der Waals surface area (Å²) in [5, 5.41) is 8.97. The van der Waals surface area contributed by atoms with Crippen LogP contribution in [0.2, 0.25) is 0 Å². The van der Waals surface area contributed by atoms with Crippen molar-refractivity contribution < 1.29 is 0 Å². The summed E-state index contributed by atoms with van der Waals surface area (Å²) in [7, 11) is 2.11. The van der Waals surface area contributed by atoms with Crippen LogP contribution >= 0.6 is 0 Å². The summed E-state index contributed by atoms with van der Waals surface area (Å²) in [5.74, 6) is 0. The SMILES string of the molecule is CN(CCN)Cc1[nH]nc2ccc(N3CCC4(CCCCC4)CC3)cc12. The Morgan fingerprint density at radius 2 is 1.92 bits per heavy atom. The molecule has 1 aromatic heterocycles. The lowest BCUT2D eigenvalue weighted by molar-refractivity contribution is 0.144. The molecule has 1 aliphatic heterocycles. The van der Waals surface area contributed by atoms with Gasteiger partial charge in [-0.05, 0) is 56.3 Å². The molecule has 4 rings (SSSR count). The van der Waals surface area contributed by atoms with Crippen molar-refractivity contribution in [2.75, 3.05) is 38.1 Å². The van der Waals surface area contributed by atoms with E-state index in [1.807, 2.05) is 0 Å². The summed E-state index contributed by atoms with van der Waals surface area (Å²) < 4.78 is 0. The van der Waals surface area contributed by atoms with Crippen molar-refractivity contribution in [3.8, 4) is 0 Å². The highest BCUT2D eigenvalue weighted by Crippen LogP contribution is 2.45. The van der Waals surface area contributed by atoms with Gasteiger partial charge >= 0.3 is 0 Å². The van der Waals surface area contributed by atoms with Crippen molar-refractivity contribution in [1.29, 1.82) is 0 Å². The van der Waals surface area contributed by atoms with Gasteiger partial charge in [0.25, 0.3) is 0 Å². The van der Waals surface area contributed by atoms with E-state index in [9.17, 15) is 0 Å². The van der Waals surface area contributed by atoms with Crippen molar-refractivity contribution in [2.45, 2.75) is 51.5 Å². The first-order valence-electron chi connectivity index (χ1n) is 10.3. The van der Waals surface area contributed by atoms with Crippen molar-refractivity contribution in [3.63, 3.8) is 0 Å². The Morgan fingerprint density at radius 3 is 2.65 bits per heavy atom. The first-order valence-corrected chi connectivity index (χ1v) is 10.3. The first kappa shape index (κ1) is 17.8. The van der Waals surface area contributed by atoms with E-state index < -0.39 is 0 Å². The molecule has 2 fully saturated rings. The minimum Gasteiger partial charge on any atom is -0.371 e. The smallest absolute Gasteiger partial charge is 0.0925 e. The molecule has 5 nitrogen and oxygen atoms in total. The molecule has 1 saturated carbocycles. The minimum atomic E-state index is 0.657. The van der Waals surface area contributed by atoms with Crippen LogP contribution in [0.3, 0.4) is 0 Å². The summed E-state index contributed by atoms with van der Waals surface area (Å²) in [6.07, 6.45) is 9.98. The molecule has 1 saturated heterocycles. The molecule has 0 unspecified atom stereocenters. The van der Waals surface area contributed by atoms with Crippen LogP contribution in [0.4, 0.5) is 5.69 Å². The number of H-pyrrole nitrogens is 1. The zero-order valence-corrected chi connectivity index (χ0v) is 16.1. The molecule has 1 aliphatic carbocycles. The van der Waals surface area contributed by atoms with Crippen LogP contribution < -0.4 is 10.6 Å². The van der Waals surface area contributed by atoms with Crippen LogP contribution in [-0.4, -0.2) is 48.3 Å². The maximum Gasteiger partial charge on any atom is 0.0925 e. The van der Waals surface area contributed by atoms with E-state index in [0.29, 0.717) is 12.0 Å². The van der Waals surface area contributed by atoms with Crippen LogP contribution in [0.5, 0.6) is 0 Å². The fourth-order valence-corrected chi connectivity index (χ4v) is 4.98. The van der Waals surface area contributed by atoms with Gasteiger partial charge < -0.3 is 10.6 Å². The third kappa shape index (κ3) is 3.60. The summed E-state index contributed by atoms with van der Waals surface area (Å²) in [6.45, 7) is 4.84. The van der Waals surface area contributed by atoms with Crippen LogP contribution in [-0.2, 0) is 6.54 Å². The van der Waals surface area contributed by atoms with E-state index in [-0.39, 0.29) is 0 Å². The van der Waals surface area contributed by atoms with E-state index >= 15 is 0 Å².